The number of benzene rings is 1. The van der Waals surface area contributed by atoms with Crippen molar-refractivity contribution in [1.82, 2.24) is 15.2 Å². The first-order valence-electron chi connectivity index (χ1n) is 9.04. The summed E-state index contributed by atoms with van der Waals surface area (Å²) in [6, 6.07) is 12.2. The molecule has 0 saturated carbocycles. The number of halogens is 1. The Labute approximate surface area is 163 Å². The standard InChI is InChI=1S/C20H22ClN3OS/c1-13-19(14-7-10-24(13)11-8-14)23-20(25)15-2-4-16(5-3-15)26-17-6-9-22-18(21)12-17/h2-6,9,12-14,19H,7-8,10-11H2,1H3,(H,23,25). The van der Waals surface area contributed by atoms with Crippen LogP contribution in [0.4, 0.5) is 0 Å². The lowest BCUT2D eigenvalue weighted by Crippen LogP contribution is -2.62. The molecule has 6 heteroatoms. The maximum absolute atomic E-state index is 12.7. The fourth-order valence-corrected chi connectivity index (χ4v) is 5.12. The van der Waals surface area contributed by atoms with Gasteiger partial charge in [0.25, 0.3) is 5.91 Å². The van der Waals surface area contributed by atoms with Gasteiger partial charge in [-0.15, -0.1) is 0 Å². The van der Waals surface area contributed by atoms with Gasteiger partial charge >= 0.3 is 0 Å². The molecule has 0 aliphatic carbocycles. The molecular formula is C20H22ClN3OS. The van der Waals surface area contributed by atoms with E-state index in [2.05, 4.69) is 22.1 Å². The topological polar surface area (TPSA) is 45.2 Å². The lowest BCUT2D eigenvalue weighted by atomic mass is 9.79. The third-order valence-corrected chi connectivity index (χ3v) is 6.73. The Balaban J connectivity index is 1.41. The number of pyridine rings is 1. The van der Waals surface area contributed by atoms with Gasteiger partial charge in [0, 0.05) is 33.6 Å². The molecule has 3 aliphatic rings. The summed E-state index contributed by atoms with van der Waals surface area (Å²) in [5, 5.41) is 3.76. The van der Waals surface area contributed by atoms with Crippen LogP contribution in [0.1, 0.15) is 30.1 Å². The highest BCUT2D eigenvalue weighted by Crippen LogP contribution is 2.32. The summed E-state index contributed by atoms with van der Waals surface area (Å²) in [4.78, 5) is 21.3. The molecule has 4 nitrogen and oxygen atoms in total. The van der Waals surface area contributed by atoms with Gasteiger partial charge in [0.05, 0.1) is 0 Å². The zero-order valence-corrected chi connectivity index (χ0v) is 16.3. The number of hydrogen-bond donors (Lipinski definition) is 1. The zero-order chi connectivity index (χ0) is 18.1. The fourth-order valence-electron chi connectivity index (χ4n) is 4.04. The van der Waals surface area contributed by atoms with Gasteiger partial charge in [-0.1, -0.05) is 23.4 Å². The summed E-state index contributed by atoms with van der Waals surface area (Å²) in [7, 11) is 0. The van der Waals surface area contributed by atoms with Crippen LogP contribution in [-0.4, -0.2) is 41.0 Å². The van der Waals surface area contributed by atoms with Crippen LogP contribution in [0.3, 0.4) is 0 Å². The summed E-state index contributed by atoms with van der Waals surface area (Å²) in [6.07, 6.45) is 4.08. The molecular weight excluding hydrogens is 366 g/mol. The summed E-state index contributed by atoms with van der Waals surface area (Å²) >= 11 is 7.53. The maximum Gasteiger partial charge on any atom is 0.251 e. The first-order chi connectivity index (χ1) is 12.6. The van der Waals surface area contributed by atoms with Gasteiger partial charge < -0.3 is 5.32 Å². The molecule has 2 bridgehead atoms. The van der Waals surface area contributed by atoms with Crippen molar-refractivity contribution in [3.63, 3.8) is 0 Å². The molecule has 4 heterocycles. The van der Waals surface area contributed by atoms with E-state index in [1.807, 2.05) is 36.4 Å². The normalized spacial score (nSPS) is 27.3. The van der Waals surface area contributed by atoms with Crippen LogP contribution < -0.4 is 5.32 Å². The molecule has 2 unspecified atom stereocenters. The summed E-state index contributed by atoms with van der Waals surface area (Å²) in [5.41, 5.74) is 0.714. The largest absolute Gasteiger partial charge is 0.347 e. The number of nitrogens with one attached hydrogen (secondary N) is 1. The van der Waals surface area contributed by atoms with Crippen LogP contribution in [-0.2, 0) is 0 Å². The molecule has 3 saturated heterocycles. The van der Waals surface area contributed by atoms with Crippen molar-refractivity contribution in [2.75, 3.05) is 13.1 Å². The van der Waals surface area contributed by atoms with Crippen LogP contribution in [0, 0.1) is 5.92 Å². The Hall–Kier alpha value is -1.56. The number of hydrogen-bond acceptors (Lipinski definition) is 4. The van der Waals surface area contributed by atoms with Crippen molar-refractivity contribution in [2.45, 2.75) is 41.6 Å². The van der Waals surface area contributed by atoms with E-state index >= 15 is 0 Å². The minimum Gasteiger partial charge on any atom is -0.347 e. The lowest BCUT2D eigenvalue weighted by molar-refractivity contribution is 0.0217. The lowest BCUT2D eigenvalue weighted by Gasteiger charge is -2.49. The maximum atomic E-state index is 12.7. The predicted molar refractivity (Wildman–Crippen MR) is 105 cm³/mol. The third kappa shape index (κ3) is 3.75. The summed E-state index contributed by atoms with van der Waals surface area (Å²) in [5.74, 6) is 0.643. The van der Waals surface area contributed by atoms with Gasteiger partial charge in [-0.2, -0.15) is 0 Å². The zero-order valence-electron chi connectivity index (χ0n) is 14.7. The number of nitrogens with zero attached hydrogens (tertiary/aromatic N) is 2. The van der Waals surface area contributed by atoms with Gasteiger partial charge in [-0.05, 0) is 75.2 Å². The smallest absolute Gasteiger partial charge is 0.251 e. The molecule has 1 aromatic carbocycles. The van der Waals surface area contributed by atoms with Gasteiger partial charge in [0.1, 0.15) is 5.15 Å². The molecule has 3 fully saturated rings. The van der Waals surface area contributed by atoms with E-state index in [9.17, 15) is 4.79 Å². The van der Waals surface area contributed by atoms with Crippen LogP contribution in [0.2, 0.25) is 5.15 Å². The number of rotatable bonds is 4. The van der Waals surface area contributed by atoms with E-state index in [0.29, 0.717) is 22.7 Å². The third-order valence-electron chi connectivity index (χ3n) is 5.53. The summed E-state index contributed by atoms with van der Waals surface area (Å²) in [6.45, 7) is 4.57. The second-order valence-electron chi connectivity index (χ2n) is 7.05. The van der Waals surface area contributed by atoms with E-state index in [1.165, 1.54) is 25.9 Å². The molecule has 3 aliphatic heterocycles. The second kappa shape index (κ2) is 7.59. The van der Waals surface area contributed by atoms with Crippen molar-refractivity contribution in [3.05, 3.63) is 53.3 Å². The van der Waals surface area contributed by atoms with Gasteiger partial charge in [-0.3, -0.25) is 9.69 Å². The molecule has 5 rings (SSSR count). The monoisotopic (exact) mass is 387 g/mol. The fraction of sp³-hybridized carbons (Fsp3) is 0.400. The minimum atomic E-state index is 0.0269. The first kappa shape index (κ1) is 17.8. The molecule has 0 spiro atoms. The van der Waals surface area contributed by atoms with Crippen LogP contribution in [0.5, 0.6) is 0 Å². The minimum absolute atomic E-state index is 0.0269. The van der Waals surface area contributed by atoms with E-state index in [4.69, 9.17) is 11.6 Å². The number of piperidine rings is 3. The highest BCUT2D eigenvalue weighted by atomic mass is 35.5. The van der Waals surface area contributed by atoms with E-state index in [1.54, 1.807) is 18.0 Å². The van der Waals surface area contributed by atoms with Crippen LogP contribution >= 0.6 is 23.4 Å². The van der Waals surface area contributed by atoms with E-state index in [-0.39, 0.29) is 11.9 Å². The highest BCUT2D eigenvalue weighted by Gasteiger charge is 2.40. The van der Waals surface area contributed by atoms with Gasteiger partial charge in [0.2, 0.25) is 0 Å². The van der Waals surface area contributed by atoms with Crippen molar-refractivity contribution in [3.8, 4) is 0 Å². The van der Waals surface area contributed by atoms with E-state index in [0.717, 1.165) is 9.79 Å². The highest BCUT2D eigenvalue weighted by molar-refractivity contribution is 7.99. The van der Waals surface area contributed by atoms with Crippen LogP contribution in [0.25, 0.3) is 0 Å². The number of carbonyl (C=O) groups is 1. The molecule has 2 aromatic rings. The molecule has 1 N–H and O–H groups in total. The average molecular weight is 388 g/mol. The van der Waals surface area contributed by atoms with Crippen molar-refractivity contribution < 1.29 is 4.79 Å². The van der Waals surface area contributed by atoms with Crippen LogP contribution in [0.15, 0.2) is 52.4 Å². The van der Waals surface area contributed by atoms with Gasteiger partial charge in [-0.25, -0.2) is 4.98 Å². The molecule has 26 heavy (non-hydrogen) atoms. The average Bonchev–Trinajstić information content (AvgIpc) is 2.65. The molecule has 136 valence electrons. The Morgan fingerprint density at radius 3 is 2.58 bits per heavy atom. The summed E-state index contributed by atoms with van der Waals surface area (Å²) < 4.78 is 0. The first-order valence-corrected chi connectivity index (χ1v) is 10.2. The van der Waals surface area contributed by atoms with Crippen molar-refractivity contribution in [1.29, 1.82) is 0 Å². The van der Waals surface area contributed by atoms with Crippen molar-refractivity contribution >= 4 is 29.3 Å². The molecule has 1 aromatic heterocycles. The van der Waals surface area contributed by atoms with Gasteiger partial charge in [0.15, 0.2) is 0 Å². The Morgan fingerprint density at radius 1 is 1.19 bits per heavy atom. The molecule has 2 atom stereocenters. The molecule has 1 amide bonds. The predicted octanol–water partition coefficient (Wildman–Crippen LogP) is 4.10. The molecule has 0 radical (unpaired) electrons. The number of aromatic nitrogens is 1. The van der Waals surface area contributed by atoms with Crippen molar-refractivity contribution in [2.24, 2.45) is 5.92 Å². The Morgan fingerprint density at radius 2 is 1.92 bits per heavy atom. The number of amides is 1. The number of fused-ring (bicyclic) bond motifs is 3. The quantitative estimate of drug-likeness (QED) is 0.802. The van der Waals surface area contributed by atoms with E-state index < -0.39 is 0 Å². The number of carbonyl (C=O) groups excluding carboxylic acids is 1. The Bertz CT molecular complexity index is 788. The Kier molecular flexibility index (Phi) is 5.20. The second-order valence-corrected chi connectivity index (χ2v) is 8.59. The SMILES string of the molecule is CC1C(NC(=O)c2ccc(Sc3ccnc(Cl)c3)cc2)C2CCN1CC2.